The molecule has 4 aromatic rings. The Balaban J connectivity index is 2.11. The highest BCUT2D eigenvalue weighted by molar-refractivity contribution is 6.15. The predicted octanol–water partition coefficient (Wildman–Crippen LogP) is 5.55. The minimum Gasteiger partial charge on any atom is -0.0616 e. The number of fused-ring (bicyclic) bond motifs is 4. The summed E-state index contributed by atoms with van der Waals surface area (Å²) in [5, 5.41) is 8.55. The molecule has 0 radical (unpaired) electrons. The van der Waals surface area contributed by atoms with E-state index in [1.54, 1.807) is 5.56 Å². The van der Waals surface area contributed by atoms with Gasteiger partial charge in [0.2, 0.25) is 0 Å². The van der Waals surface area contributed by atoms with E-state index in [0.29, 0.717) is 0 Å². The van der Waals surface area contributed by atoms with Crippen molar-refractivity contribution in [1.29, 1.82) is 0 Å². The zero-order valence-corrected chi connectivity index (χ0v) is 12.1. The Morgan fingerprint density at radius 2 is 1.62 bits per heavy atom. The van der Waals surface area contributed by atoms with E-state index in [1.807, 2.05) is 0 Å². The van der Waals surface area contributed by atoms with E-state index in [-0.39, 0.29) is 0 Å². The van der Waals surface area contributed by atoms with E-state index in [1.165, 1.54) is 56.3 Å². The average Bonchev–Trinajstić information content (AvgIpc) is 2.96. The Morgan fingerprint density at radius 1 is 0.714 bits per heavy atom. The summed E-state index contributed by atoms with van der Waals surface area (Å²) in [6, 6.07) is 20.3. The maximum Gasteiger partial charge on any atom is -0.00961 e. The van der Waals surface area contributed by atoms with Crippen molar-refractivity contribution in [2.45, 2.75) is 19.8 Å². The van der Waals surface area contributed by atoms with Crippen LogP contribution in [0.3, 0.4) is 0 Å². The molecule has 0 saturated heterocycles. The molecule has 0 nitrogen and oxygen atoms in total. The Hall–Kier alpha value is -2.34. The molecular formula is C21H16. The zero-order valence-electron chi connectivity index (χ0n) is 12.1. The molecule has 5 rings (SSSR count). The molecule has 100 valence electrons. The molecule has 0 spiro atoms. The lowest BCUT2D eigenvalue weighted by atomic mass is 9.92. The van der Waals surface area contributed by atoms with Crippen LogP contribution in [0.2, 0.25) is 0 Å². The van der Waals surface area contributed by atoms with E-state index >= 15 is 0 Å². The number of hydrogen-bond acceptors (Lipinski definition) is 0. The second-order valence-electron chi connectivity index (χ2n) is 6.20. The van der Waals surface area contributed by atoms with Gasteiger partial charge in [0.1, 0.15) is 0 Å². The van der Waals surface area contributed by atoms with Crippen molar-refractivity contribution in [3.63, 3.8) is 0 Å². The Morgan fingerprint density at radius 3 is 2.57 bits per heavy atom. The van der Waals surface area contributed by atoms with Crippen LogP contribution in [0.15, 0.2) is 54.6 Å². The van der Waals surface area contributed by atoms with Gasteiger partial charge in [-0.1, -0.05) is 48.5 Å². The maximum absolute atomic E-state index is 2.42. The molecule has 0 saturated carbocycles. The molecule has 0 aliphatic heterocycles. The van der Waals surface area contributed by atoms with Crippen LogP contribution in [0, 0.1) is 6.92 Å². The number of aryl methyl sites for hydroxylation is 3. The Bertz CT molecular complexity index is 1040. The number of benzene rings is 4. The SMILES string of the molecule is Cc1ccc2c3c(c4ccc5ccccc5c4cc13)CC2. The van der Waals surface area contributed by atoms with Crippen molar-refractivity contribution in [2.24, 2.45) is 0 Å². The molecule has 0 fully saturated rings. The summed E-state index contributed by atoms with van der Waals surface area (Å²) in [4.78, 5) is 0. The summed E-state index contributed by atoms with van der Waals surface area (Å²) in [6.45, 7) is 2.23. The minimum absolute atomic E-state index is 1.19. The average molecular weight is 268 g/mol. The summed E-state index contributed by atoms with van der Waals surface area (Å²) < 4.78 is 0. The third-order valence-electron chi connectivity index (χ3n) is 5.08. The molecule has 1 aliphatic carbocycles. The van der Waals surface area contributed by atoms with Gasteiger partial charge >= 0.3 is 0 Å². The monoisotopic (exact) mass is 268 g/mol. The fraction of sp³-hybridized carbons (Fsp3) is 0.143. The van der Waals surface area contributed by atoms with Crippen molar-refractivity contribution in [2.75, 3.05) is 0 Å². The van der Waals surface area contributed by atoms with Crippen LogP contribution in [-0.2, 0) is 12.8 Å². The first-order valence-corrected chi connectivity index (χ1v) is 7.68. The number of rotatable bonds is 0. The van der Waals surface area contributed by atoms with Gasteiger partial charge in [0.15, 0.2) is 0 Å². The first-order chi connectivity index (χ1) is 10.3. The summed E-state index contributed by atoms with van der Waals surface area (Å²) in [5.74, 6) is 0. The summed E-state index contributed by atoms with van der Waals surface area (Å²) >= 11 is 0. The first kappa shape index (κ1) is 11.3. The molecule has 0 heterocycles. The van der Waals surface area contributed by atoms with Crippen molar-refractivity contribution < 1.29 is 0 Å². The van der Waals surface area contributed by atoms with Gasteiger partial charge in [-0.25, -0.2) is 0 Å². The van der Waals surface area contributed by atoms with Gasteiger partial charge in [0, 0.05) is 0 Å². The lowest BCUT2D eigenvalue weighted by Crippen LogP contribution is -1.87. The standard InChI is InChI=1S/C21H16/c1-13-6-7-15-9-11-18-17-10-8-14-4-2-3-5-16(14)20(17)12-19(13)21(15)18/h2-8,10,12H,9,11H2,1H3. The largest absolute Gasteiger partial charge is 0.0616 e. The second kappa shape index (κ2) is 3.85. The van der Waals surface area contributed by atoms with Crippen LogP contribution < -0.4 is 0 Å². The van der Waals surface area contributed by atoms with Gasteiger partial charge in [-0.15, -0.1) is 0 Å². The fourth-order valence-electron chi connectivity index (χ4n) is 4.03. The van der Waals surface area contributed by atoms with E-state index in [4.69, 9.17) is 0 Å². The molecule has 0 bridgehead atoms. The highest BCUT2D eigenvalue weighted by Crippen LogP contribution is 2.40. The third kappa shape index (κ3) is 1.40. The first-order valence-electron chi connectivity index (χ1n) is 7.68. The van der Waals surface area contributed by atoms with Crippen LogP contribution in [0.5, 0.6) is 0 Å². The smallest absolute Gasteiger partial charge is 0.00961 e. The minimum atomic E-state index is 1.19. The van der Waals surface area contributed by atoms with Crippen molar-refractivity contribution in [3.8, 4) is 0 Å². The van der Waals surface area contributed by atoms with Gasteiger partial charge in [0.25, 0.3) is 0 Å². The second-order valence-corrected chi connectivity index (χ2v) is 6.20. The van der Waals surface area contributed by atoms with E-state index in [0.717, 1.165) is 0 Å². The van der Waals surface area contributed by atoms with Crippen LogP contribution in [-0.4, -0.2) is 0 Å². The molecular weight excluding hydrogens is 252 g/mol. The van der Waals surface area contributed by atoms with Gasteiger partial charge in [0.05, 0.1) is 0 Å². The summed E-state index contributed by atoms with van der Waals surface area (Å²) in [6.07, 6.45) is 2.38. The lowest BCUT2D eigenvalue weighted by molar-refractivity contribution is 1.03. The predicted molar refractivity (Wildman–Crippen MR) is 91.1 cm³/mol. The van der Waals surface area contributed by atoms with Crippen LogP contribution >= 0.6 is 0 Å². The van der Waals surface area contributed by atoms with E-state index in [2.05, 4.69) is 61.5 Å². The highest BCUT2D eigenvalue weighted by Gasteiger charge is 2.18. The topological polar surface area (TPSA) is 0 Å². The Kier molecular flexibility index (Phi) is 2.08. The molecule has 4 aromatic carbocycles. The summed E-state index contributed by atoms with van der Waals surface area (Å²) in [7, 11) is 0. The zero-order chi connectivity index (χ0) is 14.0. The van der Waals surface area contributed by atoms with E-state index < -0.39 is 0 Å². The molecule has 21 heavy (non-hydrogen) atoms. The third-order valence-corrected chi connectivity index (χ3v) is 5.08. The highest BCUT2D eigenvalue weighted by atomic mass is 14.2. The summed E-state index contributed by atoms with van der Waals surface area (Å²) in [5.41, 5.74) is 4.49. The molecule has 1 aliphatic rings. The van der Waals surface area contributed by atoms with Crippen molar-refractivity contribution in [3.05, 3.63) is 71.3 Å². The maximum atomic E-state index is 2.42. The fourth-order valence-corrected chi connectivity index (χ4v) is 4.03. The van der Waals surface area contributed by atoms with Gasteiger partial charge in [-0.05, 0) is 74.8 Å². The molecule has 0 heteroatoms. The van der Waals surface area contributed by atoms with Gasteiger partial charge in [-0.2, -0.15) is 0 Å². The molecule has 0 unspecified atom stereocenters. The molecule has 0 amide bonds. The van der Waals surface area contributed by atoms with Crippen molar-refractivity contribution >= 4 is 32.3 Å². The van der Waals surface area contributed by atoms with Crippen LogP contribution in [0.25, 0.3) is 32.3 Å². The molecule has 0 atom stereocenters. The van der Waals surface area contributed by atoms with E-state index in [9.17, 15) is 0 Å². The molecule has 0 aromatic heterocycles. The van der Waals surface area contributed by atoms with Crippen LogP contribution in [0.1, 0.15) is 16.7 Å². The lowest BCUT2D eigenvalue weighted by Gasteiger charge is -2.11. The van der Waals surface area contributed by atoms with Crippen molar-refractivity contribution in [1.82, 2.24) is 0 Å². The normalized spacial score (nSPS) is 13.6. The number of hydrogen-bond donors (Lipinski definition) is 0. The van der Waals surface area contributed by atoms with Gasteiger partial charge < -0.3 is 0 Å². The Labute approximate surface area is 124 Å². The molecule has 0 N–H and O–H groups in total. The quantitative estimate of drug-likeness (QED) is 0.289. The van der Waals surface area contributed by atoms with Gasteiger partial charge in [-0.3, -0.25) is 0 Å². The van der Waals surface area contributed by atoms with Crippen LogP contribution in [0.4, 0.5) is 0 Å².